The van der Waals surface area contributed by atoms with E-state index >= 15 is 0 Å². The Balaban J connectivity index is 1.63. The van der Waals surface area contributed by atoms with Gasteiger partial charge in [0.25, 0.3) is 0 Å². The maximum Gasteiger partial charge on any atom is 0.190 e. The van der Waals surface area contributed by atoms with Crippen molar-refractivity contribution in [3.63, 3.8) is 0 Å². The number of rotatable bonds is 3. The number of aryl methyl sites for hydroxylation is 2. The van der Waals surface area contributed by atoms with E-state index in [0.717, 1.165) is 40.4 Å². The van der Waals surface area contributed by atoms with Crippen molar-refractivity contribution in [1.82, 2.24) is 9.97 Å². The van der Waals surface area contributed by atoms with Crippen LogP contribution in [-0.2, 0) is 12.8 Å². The summed E-state index contributed by atoms with van der Waals surface area (Å²) in [4.78, 5) is 11.7. The van der Waals surface area contributed by atoms with Gasteiger partial charge in [0, 0.05) is 16.5 Å². The van der Waals surface area contributed by atoms with Crippen LogP contribution in [0.3, 0.4) is 0 Å². The summed E-state index contributed by atoms with van der Waals surface area (Å²) in [5.41, 5.74) is 7.58. The van der Waals surface area contributed by atoms with E-state index in [-0.39, 0.29) is 0 Å². The third-order valence-electron chi connectivity index (χ3n) is 4.19. The average molecular weight is 360 g/mol. The van der Waals surface area contributed by atoms with Gasteiger partial charge >= 0.3 is 0 Å². The van der Waals surface area contributed by atoms with E-state index in [1.165, 1.54) is 23.3 Å². The summed E-state index contributed by atoms with van der Waals surface area (Å²) in [6, 6.07) is 0. The molecular weight excluding hydrogens is 345 g/mol. The number of thioether (sulfide) groups is 1. The molecule has 3 nitrogen and oxygen atoms in total. The number of alkyl halides is 2. The molecule has 0 bridgehead atoms. The highest BCUT2D eigenvalue weighted by atomic mass is 35.5. The highest BCUT2D eigenvalue weighted by Gasteiger charge is 2.51. The molecule has 0 aliphatic heterocycles. The van der Waals surface area contributed by atoms with Crippen molar-refractivity contribution in [2.24, 2.45) is 5.92 Å². The van der Waals surface area contributed by atoms with Crippen LogP contribution >= 0.6 is 46.3 Å². The molecule has 0 radical (unpaired) electrons. The third-order valence-corrected chi connectivity index (χ3v) is 7.31. The zero-order valence-corrected chi connectivity index (χ0v) is 14.5. The molecule has 21 heavy (non-hydrogen) atoms. The lowest BCUT2D eigenvalue weighted by Crippen LogP contribution is -2.01. The molecular formula is C14H15Cl2N3S2. The van der Waals surface area contributed by atoms with Crippen LogP contribution < -0.4 is 5.73 Å². The Morgan fingerprint density at radius 3 is 2.81 bits per heavy atom. The van der Waals surface area contributed by atoms with Gasteiger partial charge in [-0.2, -0.15) is 0 Å². The molecule has 0 unspecified atom stereocenters. The Bertz CT molecular complexity index is 714. The fourth-order valence-corrected chi connectivity index (χ4v) is 5.96. The van der Waals surface area contributed by atoms with Crippen molar-refractivity contribution >= 4 is 62.3 Å². The van der Waals surface area contributed by atoms with Gasteiger partial charge in [0.1, 0.15) is 15.0 Å². The van der Waals surface area contributed by atoms with Gasteiger partial charge in [-0.1, -0.05) is 11.8 Å². The Morgan fingerprint density at radius 1 is 1.29 bits per heavy atom. The molecule has 0 spiro atoms. The molecule has 2 aliphatic carbocycles. The number of aromatic nitrogens is 2. The number of thiophene rings is 1. The second-order valence-corrected chi connectivity index (χ2v) is 9.37. The van der Waals surface area contributed by atoms with Crippen LogP contribution in [-0.4, -0.2) is 20.1 Å². The number of fused-ring (bicyclic) bond motifs is 3. The lowest BCUT2D eigenvalue weighted by molar-refractivity contribution is 0.700. The maximum absolute atomic E-state index is 6.19. The highest BCUT2D eigenvalue weighted by Crippen LogP contribution is 2.54. The molecule has 2 N–H and O–H groups in total. The summed E-state index contributed by atoms with van der Waals surface area (Å²) in [6.45, 7) is 0. The van der Waals surface area contributed by atoms with Crippen LogP contribution in [0.2, 0.25) is 0 Å². The lowest BCUT2D eigenvalue weighted by Gasteiger charge is -2.10. The molecule has 2 aromatic heterocycles. The molecule has 1 fully saturated rings. The van der Waals surface area contributed by atoms with Gasteiger partial charge in [-0.05, 0) is 37.7 Å². The van der Waals surface area contributed by atoms with Crippen LogP contribution in [0, 0.1) is 5.92 Å². The zero-order chi connectivity index (χ0) is 14.6. The summed E-state index contributed by atoms with van der Waals surface area (Å²) in [5, 5.41) is 1.84. The van der Waals surface area contributed by atoms with E-state index in [0.29, 0.717) is 11.7 Å². The highest BCUT2D eigenvalue weighted by molar-refractivity contribution is 7.99. The predicted molar refractivity (Wildman–Crippen MR) is 91.7 cm³/mol. The van der Waals surface area contributed by atoms with E-state index < -0.39 is 4.33 Å². The minimum absolute atomic E-state index is 0.336. The average Bonchev–Trinajstić information content (AvgIpc) is 2.89. The molecule has 1 atom stereocenters. The van der Waals surface area contributed by atoms with Crippen LogP contribution in [0.1, 0.15) is 29.7 Å². The van der Waals surface area contributed by atoms with E-state index in [1.807, 2.05) is 0 Å². The molecule has 1 saturated carbocycles. The zero-order valence-electron chi connectivity index (χ0n) is 11.4. The SMILES string of the molecule is Nc1nc(SC[C@H]2CC2(Cl)Cl)nc2sc3c(c12)CCCC3. The van der Waals surface area contributed by atoms with Crippen molar-refractivity contribution in [2.75, 3.05) is 11.5 Å². The molecule has 0 saturated heterocycles. The van der Waals surface area contributed by atoms with Crippen molar-refractivity contribution in [3.8, 4) is 0 Å². The number of hydrogen-bond acceptors (Lipinski definition) is 5. The van der Waals surface area contributed by atoms with Crippen molar-refractivity contribution < 1.29 is 0 Å². The topological polar surface area (TPSA) is 51.8 Å². The van der Waals surface area contributed by atoms with E-state index in [4.69, 9.17) is 33.9 Å². The molecule has 0 amide bonds. The van der Waals surface area contributed by atoms with Crippen molar-refractivity contribution in [3.05, 3.63) is 10.4 Å². The maximum atomic E-state index is 6.19. The molecule has 112 valence electrons. The van der Waals surface area contributed by atoms with Gasteiger partial charge in [0.15, 0.2) is 5.16 Å². The van der Waals surface area contributed by atoms with Crippen LogP contribution in [0.4, 0.5) is 5.82 Å². The fourth-order valence-electron chi connectivity index (χ4n) is 2.86. The molecule has 2 heterocycles. The molecule has 7 heteroatoms. The number of nitrogens with zero attached hydrogens (tertiary/aromatic N) is 2. The van der Waals surface area contributed by atoms with Gasteiger partial charge in [-0.25, -0.2) is 9.97 Å². The number of nitrogen functional groups attached to an aromatic ring is 1. The molecule has 2 aliphatic rings. The molecule has 2 aromatic rings. The Kier molecular flexibility index (Phi) is 3.52. The third kappa shape index (κ3) is 2.62. The van der Waals surface area contributed by atoms with Gasteiger partial charge in [-0.3, -0.25) is 0 Å². The van der Waals surface area contributed by atoms with E-state index in [2.05, 4.69) is 4.98 Å². The predicted octanol–water partition coefficient (Wildman–Crippen LogP) is 4.44. The minimum atomic E-state index is -0.537. The minimum Gasteiger partial charge on any atom is -0.383 e. The monoisotopic (exact) mass is 359 g/mol. The first kappa shape index (κ1) is 14.4. The smallest absolute Gasteiger partial charge is 0.190 e. The first-order chi connectivity index (χ1) is 10.0. The normalized spacial score (nSPS) is 23.2. The van der Waals surface area contributed by atoms with Crippen molar-refractivity contribution in [2.45, 2.75) is 41.6 Å². The Morgan fingerprint density at radius 2 is 2.05 bits per heavy atom. The van der Waals surface area contributed by atoms with Crippen molar-refractivity contribution in [1.29, 1.82) is 0 Å². The quantitative estimate of drug-likeness (QED) is 0.500. The first-order valence-electron chi connectivity index (χ1n) is 7.13. The summed E-state index contributed by atoms with van der Waals surface area (Å²) in [7, 11) is 0. The summed E-state index contributed by atoms with van der Waals surface area (Å²) in [6.07, 6.45) is 5.63. The summed E-state index contributed by atoms with van der Waals surface area (Å²) < 4.78 is -0.537. The van der Waals surface area contributed by atoms with Gasteiger partial charge < -0.3 is 5.73 Å². The Labute approximate surface area is 141 Å². The largest absolute Gasteiger partial charge is 0.383 e. The number of nitrogens with two attached hydrogens (primary N) is 1. The standard InChI is InChI=1S/C14H15Cl2N3S2/c15-14(16)5-7(14)6-20-13-18-11(17)10-8-3-1-2-4-9(8)21-12(10)19-13/h7H,1-6H2,(H2,17,18,19)/t7-/m1/s1. The second-order valence-electron chi connectivity index (χ2n) is 5.76. The number of hydrogen-bond donors (Lipinski definition) is 1. The van der Waals surface area contributed by atoms with Crippen LogP contribution in [0.15, 0.2) is 5.16 Å². The lowest BCUT2D eigenvalue weighted by atomic mass is 9.97. The molecule has 0 aromatic carbocycles. The van der Waals surface area contributed by atoms with E-state index in [1.54, 1.807) is 23.1 Å². The van der Waals surface area contributed by atoms with Gasteiger partial charge in [-0.15, -0.1) is 34.5 Å². The Hall–Kier alpha value is -0.230. The first-order valence-corrected chi connectivity index (χ1v) is 9.69. The fraction of sp³-hybridized carbons (Fsp3) is 0.571. The molecule has 4 rings (SSSR count). The van der Waals surface area contributed by atoms with Gasteiger partial charge in [0.2, 0.25) is 0 Å². The summed E-state index contributed by atoms with van der Waals surface area (Å²) >= 11 is 15.5. The van der Waals surface area contributed by atoms with Gasteiger partial charge in [0.05, 0.1) is 5.39 Å². The number of anilines is 1. The van der Waals surface area contributed by atoms with Crippen LogP contribution in [0.5, 0.6) is 0 Å². The van der Waals surface area contributed by atoms with E-state index in [9.17, 15) is 0 Å². The second kappa shape index (κ2) is 5.15. The summed E-state index contributed by atoms with van der Waals surface area (Å²) in [5.74, 6) is 1.81. The van der Waals surface area contributed by atoms with Crippen LogP contribution in [0.25, 0.3) is 10.2 Å². The number of halogens is 2.